The van der Waals surface area contributed by atoms with Gasteiger partial charge in [-0.15, -0.1) is 11.6 Å². The molecule has 13 nitrogen and oxygen atoms in total. The van der Waals surface area contributed by atoms with Gasteiger partial charge in [-0.3, -0.25) is 19.9 Å². The Morgan fingerprint density at radius 3 is 1.10 bits per heavy atom. The minimum absolute atomic E-state index is 0.0979. The summed E-state index contributed by atoms with van der Waals surface area (Å²) in [5, 5.41) is 35.2. The van der Waals surface area contributed by atoms with Crippen molar-refractivity contribution in [2.45, 2.75) is 25.6 Å². The van der Waals surface area contributed by atoms with Gasteiger partial charge in [0.05, 0.1) is 47.5 Å². The number of halogens is 6. The summed E-state index contributed by atoms with van der Waals surface area (Å²) in [5.74, 6) is -1.06. The molecular weight excluding hydrogens is 1020 g/mol. The van der Waals surface area contributed by atoms with Crippen LogP contribution in [-0.2, 0) is 25.6 Å². The maximum Gasteiger partial charge on any atom is 0.488 e. The molecule has 8 rings (SSSR count). The Hall–Kier alpha value is -6.97. The number of ether oxygens (including phenoxy) is 4. The number of hydrogen-bond donors (Lipinski definition) is 5. The van der Waals surface area contributed by atoms with Crippen molar-refractivity contribution in [1.82, 2.24) is 19.9 Å². The molecule has 0 unspecified atom stereocenters. The lowest BCUT2D eigenvalue weighted by atomic mass is 9.81. The highest BCUT2D eigenvalue weighted by molar-refractivity contribution is 9.10. The van der Waals surface area contributed by atoms with E-state index in [9.17, 15) is 22.7 Å². The van der Waals surface area contributed by atoms with Crippen LogP contribution in [0.2, 0.25) is 0 Å². The molecular formula is C52H50BBrClF4N5O8. The fraction of sp³-hybridized carbons (Fsp3) is 0.154. The van der Waals surface area contributed by atoms with Crippen LogP contribution in [0.1, 0.15) is 22.3 Å². The number of rotatable bonds is 12. The van der Waals surface area contributed by atoms with Gasteiger partial charge in [0, 0.05) is 82.8 Å². The number of nitrogens with two attached hydrogens (primary N) is 1. The first-order valence-electron chi connectivity index (χ1n) is 21.4. The third-order valence-corrected chi connectivity index (χ3v) is 11.3. The fourth-order valence-electron chi connectivity index (χ4n) is 6.58. The number of nitrogens with zero attached hydrogens (tertiary/aromatic N) is 4. The average molecular weight is 1080 g/mol. The van der Waals surface area contributed by atoms with E-state index in [1.54, 1.807) is 104 Å². The van der Waals surface area contributed by atoms with E-state index in [0.717, 1.165) is 27.8 Å². The molecule has 0 saturated carbocycles. The van der Waals surface area contributed by atoms with Gasteiger partial charge in [-0.25, -0.2) is 17.6 Å². The predicted octanol–water partition coefficient (Wildman–Crippen LogP) is 9.23. The lowest BCUT2D eigenvalue weighted by molar-refractivity contribution is 0.271. The summed E-state index contributed by atoms with van der Waals surface area (Å²) < 4.78 is 75.2. The van der Waals surface area contributed by atoms with Crippen molar-refractivity contribution < 1.29 is 56.8 Å². The van der Waals surface area contributed by atoms with Crippen LogP contribution in [-0.4, -0.2) is 75.8 Å². The SMILES string of the molecule is COc1ccc(-c2ccncc2)c(CCl)c1F.COc1ccc(-c2ccncc2)c(CN)c1F.COc1ccc(-c2ccncc2)c(CO)c1F.COc1ccc(Br)c(CO)c1F.OB(O)c1ccncc1. The molecule has 4 aromatic carbocycles. The monoisotopic (exact) mass is 1070 g/mol. The van der Waals surface area contributed by atoms with Gasteiger partial charge in [0.1, 0.15) is 0 Å². The Morgan fingerprint density at radius 1 is 0.472 bits per heavy atom. The zero-order valence-electron chi connectivity index (χ0n) is 39.3. The van der Waals surface area contributed by atoms with Crippen molar-refractivity contribution in [1.29, 1.82) is 0 Å². The van der Waals surface area contributed by atoms with Gasteiger partial charge in [-0.1, -0.05) is 34.1 Å². The summed E-state index contributed by atoms with van der Waals surface area (Å²) >= 11 is 8.92. The van der Waals surface area contributed by atoms with Gasteiger partial charge in [0.2, 0.25) is 0 Å². The van der Waals surface area contributed by atoms with E-state index >= 15 is 0 Å². The van der Waals surface area contributed by atoms with Crippen LogP contribution in [0, 0.1) is 23.3 Å². The summed E-state index contributed by atoms with van der Waals surface area (Å²) in [7, 11) is 4.26. The Balaban J connectivity index is 0.000000199. The van der Waals surface area contributed by atoms with Gasteiger partial charge in [-0.2, -0.15) is 0 Å². The van der Waals surface area contributed by atoms with E-state index in [1.165, 1.54) is 46.9 Å². The number of aliphatic hydroxyl groups excluding tert-OH is 2. The minimum Gasteiger partial charge on any atom is -0.494 e. The molecule has 0 aliphatic heterocycles. The Bertz CT molecular complexity index is 2680. The number of benzene rings is 4. The molecule has 0 aliphatic carbocycles. The van der Waals surface area contributed by atoms with Crippen molar-refractivity contribution in [3.8, 4) is 56.4 Å². The maximum atomic E-state index is 14.0. The normalized spacial score (nSPS) is 10.1. The van der Waals surface area contributed by atoms with Crippen LogP contribution >= 0.6 is 27.5 Å². The van der Waals surface area contributed by atoms with E-state index in [1.807, 2.05) is 24.3 Å². The Kier molecular flexibility index (Phi) is 24.0. The van der Waals surface area contributed by atoms with Crippen molar-refractivity contribution in [3.63, 3.8) is 0 Å². The van der Waals surface area contributed by atoms with Crippen LogP contribution in [0.15, 0.2) is 151 Å². The fourth-order valence-corrected chi connectivity index (χ4v) is 7.27. The van der Waals surface area contributed by atoms with E-state index in [-0.39, 0.29) is 59.8 Å². The quantitative estimate of drug-likeness (QED) is 0.0442. The van der Waals surface area contributed by atoms with Crippen LogP contribution in [0.25, 0.3) is 33.4 Å². The van der Waals surface area contributed by atoms with Gasteiger partial charge >= 0.3 is 7.12 Å². The molecule has 0 atom stereocenters. The second-order valence-corrected chi connectivity index (χ2v) is 15.5. The molecule has 0 spiro atoms. The zero-order valence-corrected chi connectivity index (χ0v) is 41.7. The van der Waals surface area contributed by atoms with Crippen LogP contribution in [0.5, 0.6) is 23.0 Å². The van der Waals surface area contributed by atoms with E-state index in [4.69, 9.17) is 51.4 Å². The lowest BCUT2D eigenvalue weighted by Gasteiger charge is -2.11. The average Bonchev–Trinajstić information content (AvgIpc) is 3.42. The summed E-state index contributed by atoms with van der Waals surface area (Å²) in [6.07, 6.45) is 12.9. The molecule has 4 aromatic heterocycles. The zero-order chi connectivity index (χ0) is 52.6. The van der Waals surface area contributed by atoms with E-state index in [0.29, 0.717) is 26.6 Å². The smallest absolute Gasteiger partial charge is 0.488 e. The van der Waals surface area contributed by atoms with Crippen LogP contribution in [0.4, 0.5) is 17.6 Å². The molecule has 72 heavy (non-hydrogen) atoms. The topological polar surface area (TPSA) is 195 Å². The largest absolute Gasteiger partial charge is 0.494 e. The van der Waals surface area contributed by atoms with E-state index in [2.05, 4.69) is 35.9 Å². The number of hydrogen-bond acceptors (Lipinski definition) is 13. The first-order chi connectivity index (χ1) is 34.8. The van der Waals surface area contributed by atoms with Gasteiger partial charge in [0.15, 0.2) is 46.3 Å². The lowest BCUT2D eigenvalue weighted by Crippen LogP contribution is -2.29. The second kappa shape index (κ2) is 30.0. The number of aliphatic hydroxyl groups is 2. The summed E-state index contributed by atoms with van der Waals surface area (Å²) in [4.78, 5) is 15.5. The summed E-state index contributed by atoms with van der Waals surface area (Å²) in [6, 6.07) is 27.1. The molecule has 8 aromatic rings. The van der Waals surface area contributed by atoms with Crippen molar-refractivity contribution >= 4 is 40.1 Å². The highest BCUT2D eigenvalue weighted by atomic mass is 79.9. The molecule has 0 aliphatic rings. The van der Waals surface area contributed by atoms with Crippen molar-refractivity contribution in [3.05, 3.63) is 197 Å². The van der Waals surface area contributed by atoms with Crippen LogP contribution < -0.4 is 30.1 Å². The molecule has 0 amide bonds. The van der Waals surface area contributed by atoms with Crippen molar-refractivity contribution in [2.75, 3.05) is 28.4 Å². The molecule has 376 valence electrons. The molecule has 0 saturated heterocycles. The molecule has 4 heterocycles. The van der Waals surface area contributed by atoms with Gasteiger partial charge in [0.25, 0.3) is 0 Å². The molecule has 0 fully saturated rings. The highest BCUT2D eigenvalue weighted by Gasteiger charge is 2.17. The Labute approximate surface area is 427 Å². The molecule has 0 bridgehead atoms. The number of pyridine rings is 4. The third kappa shape index (κ3) is 15.5. The first-order valence-corrected chi connectivity index (χ1v) is 22.7. The Morgan fingerprint density at radius 2 is 0.778 bits per heavy atom. The second-order valence-electron chi connectivity index (χ2n) is 14.4. The third-order valence-electron chi connectivity index (χ3n) is 10.3. The summed E-state index contributed by atoms with van der Waals surface area (Å²) in [6.45, 7) is -0.592. The summed E-state index contributed by atoms with van der Waals surface area (Å²) in [5.41, 5.74) is 12.2. The minimum atomic E-state index is -1.38. The molecule has 6 N–H and O–H groups in total. The predicted molar refractivity (Wildman–Crippen MR) is 273 cm³/mol. The number of aromatic nitrogens is 4. The number of alkyl halides is 1. The maximum absolute atomic E-state index is 14.0. The van der Waals surface area contributed by atoms with Crippen molar-refractivity contribution in [2.24, 2.45) is 5.73 Å². The van der Waals surface area contributed by atoms with Gasteiger partial charge < -0.3 is 44.9 Å². The number of methoxy groups -OCH3 is 4. The molecule has 20 heteroatoms. The standard InChI is InChI=1S/C13H11ClFNO.C13H13FN2O.C13H12FNO2.C8H8BrFO2.C5H6BNO2/c1-17-12-3-2-10(11(8-14)13(12)15)9-4-6-16-7-5-9;1-17-12-3-2-10(11(8-15)13(12)14)9-4-6-16-7-5-9;1-17-12-3-2-10(11(8-16)13(12)14)9-4-6-15-7-5-9;1-12-7-3-2-6(9)5(4-11)8(7)10;8-6(9)5-1-3-7-4-2-5/h2-7H,8H2,1H3;2-7H,8,15H2,1H3;2-7,16H,8H2,1H3;2-3,11H,4H2,1H3;1-4,8-9H. The van der Waals surface area contributed by atoms with Crippen LogP contribution in [0.3, 0.4) is 0 Å². The molecule has 0 radical (unpaired) electrons. The highest BCUT2D eigenvalue weighted by Crippen LogP contribution is 2.34. The van der Waals surface area contributed by atoms with E-state index < -0.39 is 30.4 Å². The van der Waals surface area contributed by atoms with Gasteiger partial charge in [-0.05, 0) is 118 Å². The first kappa shape index (κ1) is 57.6.